The van der Waals surface area contributed by atoms with Gasteiger partial charge in [0.1, 0.15) is 5.75 Å². The molecule has 0 fully saturated rings. The van der Waals surface area contributed by atoms with E-state index in [1.54, 1.807) is 24.3 Å². The predicted molar refractivity (Wildman–Crippen MR) is 76.4 cm³/mol. The highest BCUT2D eigenvalue weighted by molar-refractivity contribution is 5.98. The number of nitro groups is 1. The fourth-order valence-electron chi connectivity index (χ4n) is 2.03. The van der Waals surface area contributed by atoms with Gasteiger partial charge in [0.15, 0.2) is 0 Å². The average molecular weight is 287 g/mol. The Hall–Kier alpha value is -2.89. The second-order valence-corrected chi connectivity index (χ2v) is 4.18. The molecule has 0 N–H and O–H groups in total. The van der Waals surface area contributed by atoms with E-state index < -0.39 is 10.9 Å². The van der Waals surface area contributed by atoms with Gasteiger partial charge < -0.3 is 9.47 Å². The number of para-hydroxylation sites is 1. The van der Waals surface area contributed by atoms with Gasteiger partial charge in [0.05, 0.1) is 24.7 Å². The van der Waals surface area contributed by atoms with E-state index in [1.165, 1.54) is 32.4 Å². The van der Waals surface area contributed by atoms with E-state index in [1.807, 2.05) is 0 Å². The van der Waals surface area contributed by atoms with Crippen LogP contribution in [0.2, 0.25) is 0 Å². The summed E-state index contributed by atoms with van der Waals surface area (Å²) in [6.07, 6.45) is 0. The first kappa shape index (κ1) is 14.5. The number of rotatable bonds is 4. The van der Waals surface area contributed by atoms with Gasteiger partial charge >= 0.3 is 5.97 Å². The topological polar surface area (TPSA) is 78.7 Å². The monoisotopic (exact) mass is 287 g/mol. The van der Waals surface area contributed by atoms with E-state index >= 15 is 0 Å². The molecule has 2 aromatic rings. The standard InChI is InChI=1S/C15H13NO5/c1-20-14-6-4-3-5-12(14)11-8-7-10(16(18)19)9-13(11)15(17)21-2/h3-9H,1-2H3. The van der Waals surface area contributed by atoms with Gasteiger partial charge in [0.25, 0.3) is 5.69 Å². The third-order valence-corrected chi connectivity index (χ3v) is 3.02. The van der Waals surface area contributed by atoms with Crippen molar-refractivity contribution in [1.29, 1.82) is 0 Å². The Bertz CT molecular complexity index is 696. The highest BCUT2D eigenvalue weighted by Crippen LogP contribution is 2.34. The first-order valence-corrected chi connectivity index (χ1v) is 6.08. The van der Waals surface area contributed by atoms with Crippen LogP contribution in [0, 0.1) is 10.1 Å². The fourth-order valence-corrected chi connectivity index (χ4v) is 2.03. The minimum Gasteiger partial charge on any atom is -0.496 e. The molecule has 0 radical (unpaired) electrons. The molecule has 2 rings (SSSR count). The summed E-state index contributed by atoms with van der Waals surface area (Å²) in [6, 6.07) is 11.2. The maximum Gasteiger partial charge on any atom is 0.338 e. The molecule has 6 nitrogen and oxygen atoms in total. The molecule has 0 aliphatic rings. The number of carbonyl (C=O) groups excluding carboxylic acids is 1. The number of esters is 1. The molecule has 0 amide bonds. The Morgan fingerprint density at radius 3 is 2.43 bits per heavy atom. The Morgan fingerprint density at radius 1 is 1.10 bits per heavy atom. The third kappa shape index (κ3) is 2.84. The smallest absolute Gasteiger partial charge is 0.338 e. The number of methoxy groups -OCH3 is 2. The molecule has 0 unspecified atom stereocenters. The van der Waals surface area contributed by atoms with Gasteiger partial charge in [-0.05, 0) is 12.1 Å². The van der Waals surface area contributed by atoms with Crippen LogP contribution in [0.1, 0.15) is 10.4 Å². The van der Waals surface area contributed by atoms with Crippen molar-refractivity contribution < 1.29 is 19.2 Å². The molecule has 21 heavy (non-hydrogen) atoms. The number of ether oxygens (including phenoxy) is 2. The Morgan fingerprint density at radius 2 is 1.81 bits per heavy atom. The lowest BCUT2D eigenvalue weighted by Crippen LogP contribution is -2.05. The second kappa shape index (κ2) is 6.04. The van der Waals surface area contributed by atoms with Gasteiger partial charge in [-0.1, -0.05) is 18.2 Å². The van der Waals surface area contributed by atoms with Crippen LogP contribution in [0.25, 0.3) is 11.1 Å². The molecule has 0 spiro atoms. The number of hydrogen-bond donors (Lipinski definition) is 0. The van der Waals surface area contributed by atoms with Gasteiger partial charge in [-0.3, -0.25) is 10.1 Å². The lowest BCUT2D eigenvalue weighted by atomic mass is 9.98. The van der Waals surface area contributed by atoms with Gasteiger partial charge in [0, 0.05) is 23.3 Å². The van der Waals surface area contributed by atoms with Crippen LogP contribution < -0.4 is 4.74 Å². The van der Waals surface area contributed by atoms with Crippen molar-refractivity contribution in [3.8, 4) is 16.9 Å². The van der Waals surface area contributed by atoms with Crippen molar-refractivity contribution >= 4 is 11.7 Å². The number of non-ortho nitro benzene ring substituents is 1. The number of nitrogens with zero attached hydrogens (tertiary/aromatic N) is 1. The van der Waals surface area contributed by atoms with E-state index in [9.17, 15) is 14.9 Å². The highest BCUT2D eigenvalue weighted by Gasteiger charge is 2.20. The van der Waals surface area contributed by atoms with Crippen LogP contribution in [0.5, 0.6) is 5.75 Å². The molecule has 0 heterocycles. The summed E-state index contributed by atoms with van der Waals surface area (Å²) >= 11 is 0. The summed E-state index contributed by atoms with van der Waals surface area (Å²) in [6.45, 7) is 0. The Balaban J connectivity index is 2.67. The first-order chi connectivity index (χ1) is 10.1. The van der Waals surface area contributed by atoms with Crippen LogP contribution in [0.3, 0.4) is 0 Å². The summed E-state index contributed by atoms with van der Waals surface area (Å²) in [4.78, 5) is 22.2. The average Bonchev–Trinajstić information content (AvgIpc) is 2.53. The highest BCUT2D eigenvalue weighted by atomic mass is 16.6. The van der Waals surface area contributed by atoms with E-state index in [4.69, 9.17) is 9.47 Å². The minimum atomic E-state index is -0.639. The van der Waals surface area contributed by atoms with E-state index in [0.717, 1.165) is 0 Å². The predicted octanol–water partition coefficient (Wildman–Crippen LogP) is 3.06. The van der Waals surface area contributed by atoms with Crippen LogP contribution in [-0.4, -0.2) is 25.1 Å². The summed E-state index contributed by atoms with van der Waals surface area (Å²) in [7, 11) is 2.75. The molecule has 6 heteroatoms. The Kier molecular flexibility index (Phi) is 4.18. The third-order valence-electron chi connectivity index (χ3n) is 3.02. The maximum absolute atomic E-state index is 11.9. The molecule has 0 saturated carbocycles. The second-order valence-electron chi connectivity index (χ2n) is 4.18. The quantitative estimate of drug-likeness (QED) is 0.490. The maximum atomic E-state index is 11.9. The molecule has 0 saturated heterocycles. The number of nitro benzene ring substituents is 1. The van der Waals surface area contributed by atoms with E-state index in [2.05, 4.69) is 0 Å². The molecule has 0 atom stereocenters. The lowest BCUT2D eigenvalue weighted by molar-refractivity contribution is -0.384. The van der Waals surface area contributed by atoms with Crippen molar-refractivity contribution in [1.82, 2.24) is 0 Å². The molecule has 108 valence electrons. The minimum absolute atomic E-state index is 0.121. The largest absolute Gasteiger partial charge is 0.496 e. The molecule has 0 aromatic heterocycles. The van der Waals surface area contributed by atoms with Crippen molar-refractivity contribution in [2.24, 2.45) is 0 Å². The van der Waals surface area contributed by atoms with Crippen LogP contribution in [-0.2, 0) is 4.74 Å². The van der Waals surface area contributed by atoms with Crippen molar-refractivity contribution in [3.63, 3.8) is 0 Å². The summed E-state index contributed by atoms with van der Waals surface area (Å²) < 4.78 is 9.96. The number of benzene rings is 2. The van der Waals surface area contributed by atoms with Crippen molar-refractivity contribution in [2.75, 3.05) is 14.2 Å². The van der Waals surface area contributed by atoms with Gasteiger partial charge in [-0.2, -0.15) is 0 Å². The molecule has 0 aliphatic heterocycles. The molecular weight excluding hydrogens is 274 g/mol. The first-order valence-electron chi connectivity index (χ1n) is 6.08. The normalized spacial score (nSPS) is 10.0. The van der Waals surface area contributed by atoms with Gasteiger partial charge in [-0.25, -0.2) is 4.79 Å². The summed E-state index contributed by atoms with van der Waals surface area (Å²) in [5, 5.41) is 10.9. The molecule has 0 bridgehead atoms. The zero-order chi connectivity index (χ0) is 15.4. The van der Waals surface area contributed by atoms with E-state index in [-0.39, 0.29) is 11.3 Å². The molecular formula is C15H13NO5. The number of hydrogen-bond acceptors (Lipinski definition) is 5. The van der Waals surface area contributed by atoms with Gasteiger partial charge in [-0.15, -0.1) is 0 Å². The van der Waals surface area contributed by atoms with Crippen LogP contribution in [0.15, 0.2) is 42.5 Å². The van der Waals surface area contributed by atoms with Crippen LogP contribution in [0.4, 0.5) is 5.69 Å². The summed E-state index contributed by atoms with van der Waals surface area (Å²) in [5.41, 5.74) is 1.13. The van der Waals surface area contributed by atoms with E-state index in [0.29, 0.717) is 16.9 Å². The van der Waals surface area contributed by atoms with Gasteiger partial charge in [0.2, 0.25) is 0 Å². The van der Waals surface area contributed by atoms with Crippen molar-refractivity contribution in [3.05, 3.63) is 58.1 Å². The molecule has 2 aromatic carbocycles. The Labute approximate surface area is 121 Å². The SMILES string of the molecule is COC(=O)c1cc([N+](=O)[O-])ccc1-c1ccccc1OC. The zero-order valence-corrected chi connectivity index (χ0v) is 11.5. The lowest BCUT2D eigenvalue weighted by Gasteiger charge is -2.11. The molecule has 0 aliphatic carbocycles. The number of carbonyl (C=O) groups is 1. The van der Waals surface area contributed by atoms with Crippen molar-refractivity contribution in [2.45, 2.75) is 0 Å². The van der Waals surface area contributed by atoms with Crippen LogP contribution >= 0.6 is 0 Å². The fraction of sp³-hybridized carbons (Fsp3) is 0.133. The summed E-state index contributed by atoms with van der Waals surface area (Å²) in [5.74, 6) is -0.0730. The zero-order valence-electron chi connectivity index (χ0n) is 11.5.